The van der Waals surface area contributed by atoms with Crippen molar-refractivity contribution in [2.45, 2.75) is 18.9 Å². The summed E-state index contributed by atoms with van der Waals surface area (Å²) in [5.41, 5.74) is 0. The van der Waals surface area contributed by atoms with E-state index in [2.05, 4.69) is 17.5 Å². The molecule has 0 aliphatic heterocycles. The second-order valence-corrected chi connectivity index (χ2v) is 3.09. The van der Waals surface area contributed by atoms with Crippen LogP contribution < -0.4 is 5.32 Å². The molecule has 0 bridgehead atoms. The summed E-state index contributed by atoms with van der Waals surface area (Å²) in [6, 6.07) is 3.62. The van der Waals surface area contributed by atoms with Crippen molar-refractivity contribution >= 4 is 5.91 Å². The van der Waals surface area contributed by atoms with Crippen molar-refractivity contribution in [3.8, 4) is 0 Å². The molecule has 1 aromatic rings. The average Bonchev–Trinajstić information content (AvgIpc) is 2.74. The molecule has 0 atom stereocenters. The van der Waals surface area contributed by atoms with Gasteiger partial charge in [0.25, 0.3) is 5.91 Å². The summed E-state index contributed by atoms with van der Waals surface area (Å²) in [5, 5.41) is 2.89. The zero-order valence-corrected chi connectivity index (χ0v) is 7.19. The fourth-order valence-corrected chi connectivity index (χ4v) is 1.40. The molecule has 2 rings (SSSR count). The highest BCUT2D eigenvalue weighted by Crippen LogP contribution is 2.10. The van der Waals surface area contributed by atoms with Crippen molar-refractivity contribution in [3.63, 3.8) is 0 Å². The fourth-order valence-electron chi connectivity index (χ4n) is 1.40. The highest BCUT2D eigenvalue weighted by atomic mass is 16.3. The SMILES string of the molecule is O=C(NC1CC=CC1)c1ccco1. The lowest BCUT2D eigenvalue weighted by atomic mass is 10.2. The Hall–Kier alpha value is -1.51. The van der Waals surface area contributed by atoms with E-state index in [9.17, 15) is 4.79 Å². The lowest BCUT2D eigenvalue weighted by Gasteiger charge is -2.09. The van der Waals surface area contributed by atoms with Gasteiger partial charge in [-0.3, -0.25) is 4.79 Å². The Kier molecular flexibility index (Phi) is 2.17. The Morgan fingerprint density at radius 1 is 1.46 bits per heavy atom. The summed E-state index contributed by atoms with van der Waals surface area (Å²) in [6.07, 6.45) is 7.50. The van der Waals surface area contributed by atoms with E-state index in [-0.39, 0.29) is 11.9 Å². The van der Waals surface area contributed by atoms with Gasteiger partial charge in [0.05, 0.1) is 6.26 Å². The van der Waals surface area contributed by atoms with Gasteiger partial charge >= 0.3 is 0 Å². The Balaban J connectivity index is 1.92. The smallest absolute Gasteiger partial charge is 0.287 e. The van der Waals surface area contributed by atoms with Crippen LogP contribution in [0.25, 0.3) is 0 Å². The van der Waals surface area contributed by atoms with Crippen molar-refractivity contribution < 1.29 is 9.21 Å². The number of furan rings is 1. The Labute approximate surface area is 76.4 Å². The van der Waals surface area contributed by atoms with Gasteiger partial charge in [0, 0.05) is 6.04 Å². The third kappa shape index (κ3) is 1.80. The first-order valence-electron chi connectivity index (χ1n) is 4.35. The summed E-state index contributed by atoms with van der Waals surface area (Å²) < 4.78 is 4.97. The first kappa shape index (κ1) is 8.10. The fraction of sp³-hybridized carbons (Fsp3) is 0.300. The number of hydrogen-bond donors (Lipinski definition) is 1. The minimum atomic E-state index is -0.126. The van der Waals surface area contributed by atoms with Gasteiger partial charge < -0.3 is 9.73 Å². The predicted molar refractivity (Wildman–Crippen MR) is 48.3 cm³/mol. The van der Waals surface area contributed by atoms with Crippen molar-refractivity contribution in [3.05, 3.63) is 36.3 Å². The topological polar surface area (TPSA) is 42.2 Å². The zero-order valence-electron chi connectivity index (χ0n) is 7.19. The maximum atomic E-state index is 11.4. The van der Waals surface area contributed by atoms with Gasteiger partial charge in [-0.15, -0.1) is 0 Å². The third-order valence-electron chi connectivity index (χ3n) is 2.09. The van der Waals surface area contributed by atoms with Gasteiger partial charge in [-0.25, -0.2) is 0 Å². The molecule has 0 saturated carbocycles. The highest BCUT2D eigenvalue weighted by molar-refractivity contribution is 5.91. The molecule has 3 nitrogen and oxygen atoms in total. The standard InChI is InChI=1S/C10H11NO2/c12-10(9-6-3-7-13-9)11-8-4-1-2-5-8/h1-3,6-8H,4-5H2,(H,11,12). The quantitative estimate of drug-likeness (QED) is 0.699. The molecule has 0 unspecified atom stereocenters. The van der Waals surface area contributed by atoms with Crippen molar-refractivity contribution in [2.24, 2.45) is 0 Å². The molecule has 68 valence electrons. The minimum absolute atomic E-state index is 0.126. The maximum Gasteiger partial charge on any atom is 0.287 e. The molecule has 3 heteroatoms. The molecule has 1 amide bonds. The van der Waals surface area contributed by atoms with E-state index in [4.69, 9.17) is 4.42 Å². The van der Waals surface area contributed by atoms with Crippen LogP contribution >= 0.6 is 0 Å². The highest BCUT2D eigenvalue weighted by Gasteiger charge is 2.15. The van der Waals surface area contributed by atoms with Crippen LogP contribution in [0.2, 0.25) is 0 Å². The van der Waals surface area contributed by atoms with Crippen LogP contribution in [0, 0.1) is 0 Å². The number of carbonyl (C=O) groups is 1. The molecule has 0 spiro atoms. The van der Waals surface area contributed by atoms with E-state index < -0.39 is 0 Å². The van der Waals surface area contributed by atoms with E-state index in [1.807, 2.05) is 0 Å². The van der Waals surface area contributed by atoms with Gasteiger partial charge in [0.1, 0.15) is 0 Å². The molecule has 1 N–H and O–H groups in total. The zero-order chi connectivity index (χ0) is 9.10. The van der Waals surface area contributed by atoms with Crippen molar-refractivity contribution in [2.75, 3.05) is 0 Å². The van der Waals surface area contributed by atoms with E-state index in [1.165, 1.54) is 6.26 Å². The largest absolute Gasteiger partial charge is 0.459 e. The van der Waals surface area contributed by atoms with Crippen molar-refractivity contribution in [1.29, 1.82) is 0 Å². The number of carbonyl (C=O) groups excluding carboxylic acids is 1. The Bertz CT molecular complexity index is 306. The van der Waals surface area contributed by atoms with Crippen LogP contribution in [0.1, 0.15) is 23.4 Å². The second kappa shape index (κ2) is 3.47. The molecule has 0 aromatic carbocycles. The molecule has 1 aliphatic rings. The second-order valence-electron chi connectivity index (χ2n) is 3.09. The van der Waals surface area contributed by atoms with Gasteiger partial charge in [-0.05, 0) is 25.0 Å². The minimum Gasteiger partial charge on any atom is -0.459 e. The summed E-state index contributed by atoms with van der Waals surface area (Å²) in [6.45, 7) is 0. The van der Waals surface area contributed by atoms with Crippen LogP contribution in [0.15, 0.2) is 35.0 Å². The number of amides is 1. The summed E-state index contributed by atoms with van der Waals surface area (Å²) >= 11 is 0. The molecular weight excluding hydrogens is 166 g/mol. The maximum absolute atomic E-state index is 11.4. The normalized spacial score (nSPS) is 16.3. The monoisotopic (exact) mass is 177 g/mol. The van der Waals surface area contributed by atoms with Crippen LogP contribution in [0.5, 0.6) is 0 Å². The van der Waals surface area contributed by atoms with Gasteiger partial charge in [-0.1, -0.05) is 12.2 Å². The molecule has 1 heterocycles. The molecule has 0 radical (unpaired) electrons. The lowest BCUT2D eigenvalue weighted by molar-refractivity contribution is 0.0911. The average molecular weight is 177 g/mol. The molecule has 0 fully saturated rings. The Morgan fingerprint density at radius 3 is 2.85 bits per heavy atom. The summed E-state index contributed by atoms with van der Waals surface area (Å²) in [5.74, 6) is 0.255. The van der Waals surface area contributed by atoms with Crippen LogP contribution in [-0.2, 0) is 0 Å². The van der Waals surface area contributed by atoms with Gasteiger partial charge in [0.2, 0.25) is 0 Å². The lowest BCUT2D eigenvalue weighted by Crippen LogP contribution is -2.32. The third-order valence-corrected chi connectivity index (χ3v) is 2.09. The summed E-state index contributed by atoms with van der Waals surface area (Å²) in [4.78, 5) is 11.4. The first-order valence-corrected chi connectivity index (χ1v) is 4.35. The van der Waals surface area contributed by atoms with Crippen molar-refractivity contribution in [1.82, 2.24) is 5.32 Å². The van der Waals surface area contributed by atoms with E-state index >= 15 is 0 Å². The molecule has 13 heavy (non-hydrogen) atoms. The number of nitrogens with one attached hydrogen (secondary N) is 1. The number of rotatable bonds is 2. The molecule has 1 aliphatic carbocycles. The molecule has 0 saturated heterocycles. The van der Waals surface area contributed by atoms with Crippen LogP contribution in [0.4, 0.5) is 0 Å². The predicted octanol–water partition coefficient (Wildman–Crippen LogP) is 1.73. The van der Waals surface area contributed by atoms with Gasteiger partial charge in [-0.2, -0.15) is 0 Å². The van der Waals surface area contributed by atoms with E-state index in [0.29, 0.717) is 5.76 Å². The molecule has 1 aromatic heterocycles. The van der Waals surface area contributed by atoms with E-state index in [1.54, 1.807) is 12.1 Å². The van der Waals surface area contributed by atoms with Crippen LogP contribution in [0.3, 0.4) is 0 Å². The molecular formula is C10H11NO2. The Morgan fingerprint density at radius 2 is 2.23 bits per heavy atom. The number of hydrogen-bond acceptors (Lipinski definition) is 2. The van der Waals surface area contributed by atoms with Gasteiger partial charge in [0.15, 0.2) is 5.76 Å². The van der Waals surface area contributed by atoms with E-state index in [0.717, 1.165) is 12.8 Å². The van der Waals surface area contributed by atoms with Crippen LogP contribution in [-0.4, -0.2) is 11.9 Å². The first-order chi connectivity index (χ1) is 6.36. The summed E-state index contributed by atoms with van der Waals surface area (Å²) in [7, 11) is 0.